The third-order valence-corrected chi connectivity index (χ3v) is 3.33. The quantitative estimate of drug-likeness (QED) is 0.519. The van der Waals surface area contributed by atoms with E-state index in [-0.39, 0.29) is 36.0 Å². The standard InChI is InChI=1S/C15H16F2N4O6/c1-25-12-7-9(3-4-11(12)27-15(16)17)18-13(22)5-6-20-8-10(21(23)24)14(19-20)26-2/h3-4,7-8,15H,5-6H2,1-2H3,(H,18,22). The first-order valence-electron chi connectivity index (χ1n) is 7.52. The maximum absolute atomic E-state index is 12.3. The van der Waals surface area contributed by atoms with Gasteiger partial charge in [-0.1, -0.05) is 0 Å². The number of amides is 1. The van der Waals surface area contributed by atoms with Crippen molar-refractivity contribution in [2.45, 2.75) is 19.6 Å². The molecule has 0 aliphatic carbocycles. The van der Waals surface area contributed by atoms with Gasteiger partial charge in [0.25, 0.3) is 0 Å². The highest BCUT2D eigenvalue weighted by Gasteiger charge is 2.20. The van der Waals surface area contributed by atoms with Crippen molar-refractivity contribution in [2.75, 3.05) is 19.5 Å². The minimum atomic E-state index is -3.01. The number of nitrogens with one attached hydrogen (secondary N) is 1. The molecule has 0 saturated carbocycles. The van der Waals surface area contributed by atoms with Crippen LogP contribution in [0.3, 0.4) is 0 Å². The van der Waals surface area contributed by atoms with E-state index in [1.54, 1.807) is 0 Å². The van der Waals surface area contributed by atoms with Crippen LogP contribution >= 0.6 is 0 Å². The smallest absolute Gasteiger partial charge is 0.387 e. The Kier molecular flexibility index (Phi) is 6.46. The molecule has 0 unspecified atom stereocenters. The van der Waals surface area contributed by atoms with E-state index >= 15 is 0 Å². The van der Waals surface area contributed by atoms with E-state index in [9.17, 15) is 23.7 Å². The van der Waals surface area contributed by atoms with Gasteiger partial charge in [-0.25, -0.2) is 0 Å². The molecule has 0 aliphatic rings. The minimum Gasteiger partial charge on any atom is -0.493 e. The largest absolute Gasteiger partial charge is 0.493 e. The number of carbonyl (C=O) groups is 1. The molecule has 0 radical (unpaired) electrons. The maximum atomic E-state index is 12.3. The van der Waals surface area contributed by atoms with Crippen LogP contribution in [0.5, 0.6) is 17.4 Å². The number of hydrogen-bond acceptors (Lipinski definition) is 7. The summed E-state index contributed by atoms with van der Waals surface area (Å²) < 4.78 is 39.9. The van der Waals surface area contributed by atoms with Crippen LogP contribution in [-0.4, -0.2) is 41.4 Å². The highest BCUT2D eigenvalue weighted by Crippen LogP contribution is 2.31. The second kappa shape index (κ2) is 8.78. The molecule has 0 atom stereocenters. The zero-order valence-electron chi connectivity index (χ0n) is 14.3. The Hall–Kier alpha value is -3.44. The fraction of sp³-hybridized carbons (Fsp3) is 0.333. The van der Waals surface area contributed by atoms with Gasteiger partial charge in [0.2, 0.25) is 5.91 Å². The van der Waals surface area contributed by atoms with Crippen molar-refractivity contribution in [3.8, 4) is 17.4 Å². The Labute approximate surface area is 151 Å². The Balaban J connectivity index is 1.98. The number of nitro groups is 1. The highest BCUT2D eigenvalue weighted by molar-refractivity contribution is 5.91. The van der Waals surface area contributed by atoms with Crippen LogP contribution in [0.2, 0.25) is 0 Å². The fourth-order valence-electron chi connectivity index (χ4n) is 2.16. The Bertz CT molecular complexity index is 827. The van der Waals surface area contributed by atoms with Gasteiger partial charge in [-0.15, -0.1) is 5.10 Å². The van der Waals surface area contributed by atoms with Crippen molar-refractivity contribution in [3.05, 3.63) is 34.5 Å². The topological polar surface area (TPSA) is 118 Å². The molecule has 0 spiro atoms. The van der Waals surface area contributed by atoms with Crippen molar-refractivity contribution >= 4 is 17.3 Å². The number of benzene rings is 1. The lowest BCUT2D eigenvalue weighted by Gasteiger charge is -2.12. The Morgan fingerprint density at radius 3 is 2.63 bits per heavy atom. The van der Waals surface area contributed by atoms with Crippen molar-refractivity contribution in [2.24, 2.45) is 0 Å². The molecule has 146 valence electrons. The molecule has 27 heavy (non-hydrogen) atoms. The molecular formula is C15H16F2N4O6. The van der Waals surface area contributed by atoms with Crippen molar-refractivity contribution < 1.29 is 32.7 Å². The predicted molar refractivity (Wildman–Crippen MR) is 88.3 cm³/mol. The van der Waals surface area contributed by atoms with E-state index in [0.29, 0.717) is 5.69 Å². The number of carbonyl (C=O) groups excluding carboxylic acids is 1. The molecule has 0 aliphatic heterocycles. The number of methoxy groups -OCH3 is 2. The van der Waals surface area contributed by atoms with Gasteiger partial charge in [-0.3, -0.25) is 19.6 Å². The number of aryl methyl sites for hydroxylation is 1. The second-order valence-corrected chi connectivity index (χ2v) is 5.09. The van der Waals surface area contributed by atoms with Crippen LogP contribution in [-0.2, 0) is 11.3 Å². The zero-order valence-corrected chi connectivity index (χ0v) is 14.3. The Morgan fingerprint density at radius 1 is 1.33 bits per heavy atom. The van der Waals surface area contributed by atoms with Gasteiger partial charge in [0.1, 0.15) is 6.20 Å². The number of rotatable bonds is 9. The molecule has 2 aromatic rings. The van der Waals surface area contributed by atoms with E-state index in [0.717, 1.165) is 6.20 Å². The normalized spacial score (nSPS) is 10.6. The van der Waals surface area contributed by atoms with Gasteiger partial charge in [0, 0.05) is 18.2 Å². The van der Waals surface area contributed by atoms with Crippen LogP contribution in [0.15, 0.2) is 24.4 Å². The number of anilines is 1. The average Bonchev–Trinajstić information content (AvgIpc) is 3.04. The lowest BCUT2D eigenvalue weighted by Crippen LogP contribution is -2.15. The summed E-state index contributed by atoms with van der Waals surface area (Å²) in [5, 5.41) is 17.3. The number of alkyl halides is 2. The van der Waals surface area contributed by atoms with Crippen LogP contribution in [0.4, 0.5) is 20.2 Å². The fourth-order valence-corrected chi connectivity index (χ4v) is 2.16. The summed E-state index contributed by atoms with van der Waals surface area (Å²) in [5.74, 6) is -0.710. The molecule has 0 bridgehead atoms. The molecule has 0 fully saturated rings. The zero-order chi connectivity index (χ0) is 20.0. The monoisotopic (exact) mass is 386 g/mol. The number of halogens is 2. The highest BCUT2D eigenvalue weighted by atomic mass is 19.3. The summed E-state index contributed by atoms with van der Waals surface area (Å²) >= 11 is 0. The van der Waals surface area contributed by atoms with Crippen LogP contribution in [0.1, 0.15) is 6.42 Å². The number of hydrogen-bond donors (Lipinski definition) is 1. The molecule has 1 N–H and O–H groups in total. The summed E-state index contributed by atoms with van der Waals surface area (Å²) in [6, 6.07) is 3.94. The van der Waals surface area contributed by atoms with Crippen LogP contribution < -0.4 is 19.5 Å². The lowest BCUT2D eigenvalue weighted by molar-refractivity contribution is -0.385. The van der Waals surface area contributed by atoms with Crippen molar-refractivity contribution in [1.82, 2.24) is 9.78 Å². The predicted octanol–water partition coefficient (Wildman–Crippen LogP) is 2.44. The van der Waals surface area contributed by atoms with Crippen molar-refractivity contribution in [3.63, 3.8) is 0 Å². The average molecular weight is 386 g/mol. The number of nitrogens with zero attached hydrogens (tertiary/aromatic N) is 3. The van der Waals surface area contributed by atoms with Gasteiger partial charge in [0.15, 0.2) is 11.5 Å². The van der Waals surface area contributed by atoms with E-state index in [4.69, 9.17) is 9.47 Å². The van der Waals surface area contributed by atoms with Gasteiger partial charge in [-0.05, 0) is 12.1 Å². The molecule has 1 amide bonds. The molecule has 1 heterocycles. The summed E-state index contributed by atoms with van der Waals surface area (Å²) in [7, 11) is 2.53. The molecule has 0 saturated heterocycles. The minimum absolute atomic E-state index is 0.0283. The molecule has 10 nitrogen and oxygen atoms in total. The number of aromatic nitrogens is 2. The first-order chi connectivity index (χ1) is 12.8. The van der Waals surface area contributed by atoms with E-state index in [1.165, 1.54) is 37.1 Å². The van der Waals surface area contributed by atoms with Gasteiger partial charge in [-0.2, -0.15) is 8.78 Å². The first-order valence-corrected chi connectivity index (χ1v) is 7.52. The second-order valence-electron chi connectivity index (χ2n) is 5.09. The molecule has 12 heteroatoms. The SMILES string of the molecule is COc1cc(NC(=O)CCn2cc([N+](=O)[O-])c(OC)n2)ccc1OC(F)F. The lowest BCUT2D eigenvalue weighted by atomic mass is 10.2. The summed E-state index contributed by atoms with van der Waals surface area (Å²) in [6.07, 6.45) is 1.12. The van der Waals surface area contributed by atoms with E-state index in [2.05, 4.69) is 15.2 Å². The van der Waals surface area contributed by atoms with Gasteiger partial charge < -0.3 is 19.5 Å². The third kappa shape index (κ3) is 5.26. The first kappa shape index (κ1) is 19.9. The maximum Gasteiger partial charge on any atom is 0.387 e. The van der Waals surface area contributed by atoms with Gasteiger partial charge in [0.05, 0.1) is 25.7 Å². The van der Waals surface area contributed by atoms with Gasteiger partial charge >= 0.3 is 18.2 Å². The van der Waals surface area contributed by atoms with E-state index in [1.807, 2.05) is 0 Å². The molecule has 1 aromatic heterocycles. The van der Waals surface area contributed by atoms with Crippen LogP contribution in [0.25, 0.3) is 0 Å². The molecular weight excluding hydrogens is 370 g/mol. The Morgan fingerprint density at radius 2 is 2.07 bits per heavy atom. The molecule has 1 aromatic carbocycles. The summed E-state index contributed by atoms with van der Waals surface area (Å²) in [4.78, 5) is 22.2. The van der Waals surface area contributed by atoms with Crippen molar-refractivity contribution in [1.29, 1.82) is 0 Å². The molecule has 2 rings (SSSR count). The third-order valence-electron chi connectivity index (χ3n) is 3.33. The summed E-state index contributed by atoms with van der Waals surface area (Å²) in [5.41, 5.74) is -0.000226. The van der Waals surface area contributed by atoms with E-state index < -0.39 is 17.4 Å². The summed E-state index contributed by atoms with van der Waals surface area (Å²) in [6.45, 7) is -2.94. The van der Waals surface area contributed by atoms with Crippen LogP contribution in [0, 0.1) is 10.1 Å². The number of ether oxygens (including phenoxy) is 3.